The summed E-state index contributed by atoms with van der Waals surface area (Å²) in [6, 6.07) is 8.20. The Kier molecular flexibility index (Phi) is 2.36. The van der Waals surface area contributed by atoms with Crippen molar-refractivity contribution in [2.24, 2.45) is 0 Å². The second kappa shape index (κ2) is 3.50. The fourth-order valence-corrected chi connectivity index (χ4v) is 2.79. The van der Waals surface area contributed by atoms with Crippen molar-refractivity contribution in [3.63, 3.8) is 0 Å². The van der Waals surface area contributed by atoms with Crippen LogP contribution >= 0.6 is 0 Å². The summed E-state index contributed by atoms with van der Waals surface area (Å²) in [5.74, 6) is 0.813. The molecule has 2 nitrogen and oxygen atoms in total. The van der Waals surface area contributed by atoms with E-state index in [2.05, 4.69) is 19.1 Å². The minimum Gasteiger partial charge on any atom is -0.292 e. The van der Waals surface area contributed by atoms with Gasteiger partial charge in [-0.3, -0.25) is 4.31 Å². The molecule has 1 fully saturated rings. The Hall–Kier alpha value is -0.830. The first-order valence-electron chi connectivity index (χ1n) is 4.50. The third-order valence-corrected chi connectivity index (χ3v) is 3.77. The Morgan fingerprint density at radius 3 is 2.54 bits per heavy atom. The largest absolute Gasteiger partial charge is 0.292 e. The second-order valence-electron chi connectivity index (χ2n) is 3.32. The zero-order chi connectivity index (χ0) is 9.26. The molecular weight excluding hydrogens is 182 g/mol. The Morgan fingerprint density at radius 2 is 2.00 bits per heavy atom. The standard InChI is InChI=1S/C10H13NOS/c1-9-3-5-10(6-4-9)11-7-2-8-13(11)12/h3-6H,2,7-8H2,1H3. The van der Waals surface area contributed by atoms with Gasteiger partial charge in [0.15, 0.2) is 0 Å². The molecule has 1 atom stereocenters. The summed E-state index contributed by atoms with van der Waals surface area (Å²) in [5.41, 5.74) is 2.33. The monoisotopic (exact) mass is 195 g/mol. The van der Waals surface area contributed by atoms with Gasteiger partial charge in [0.1, 0.15) is 11.0 Å². The summed E-state index contributed by atoms with van der Waals surface area (Å²) in [6.45, 7) is 2.99. The number of hydrogen-bond acceptors (Lipinski definition) is 1. The van der Waals surface area contributed by atoms with Gasteiger partial charge in [-0.1, -0.05) is 17.7 Å². The summed E-state index contributed by atoms with van der Waals surface area (Å²) in [5, 5.41) is 0. The Balaban J connectivity index is 2.25. The van der Waals surface area contributed by atoms with Crippen LogP contribution in [-0.2, 0) is 11.0 Å². The summed E-state index contributed by atoms with van der Waals surface area (Å²) >= 11 is 0. The van der Waals surface area contributed by atoms with E-state index in [1.54, 1.807) is 0 Å². The zero-order valence-electron chi connectivity index (χ0n) is 7.69. The van der Waals surface area contributed by atoms with Gasteiger partial charge in [-0.25, -0.2) is 4.21 Å². The van der Waals surface area contributed by atoms with Crippen LogP contribution in [-0.4, -0.2) is 16.5 Å². The predicted octanol–water partition coefficient (Wildman–Crippen LogP) is 1.87. The van der Waals surface area contributed by atoms with Gasteiger partial charge < -0.3 is 0 Å². The van der Waals surface area contributed by atoms with Crippen LogP contribution in [0, 0.1) is 6.92 Å². The predicted molar refractivity (Wildman–Crippen MR) is 56.2 cm³/mol. The van der Waals surface area contributed by atoms with E-state index in [0.29, 0.717) is 0 Å². The molecule has 0 spiro atoms. The summed E-state index contributed by atoms with van der Waals surface area (Å²) in [6.07, 6.45) is 1.04. The summed E-state index contributed by atoms with van der Waals surface area (Å²) in [4.78, 5) is 0. The Bertz CT molecular complexity index is 320. The molecule has 1 aliphatic rings. The maximum absolute atomic E-state index is 11.5. The van der Waals surface area contributed by atoms with E-state index in [1.165, 1.54) is 5.56 Å². The van der Waals surface area contributed by atoms with Crippen LogP contribution in [0.25, 0.3) is 0 Å². The molecule has 0 aromatic heterocycles. The van der Waals surface area contributed by atoms with Crippen molar-refractivity contribution in [2.75, 3.05) is 16.6 Å². The van der Waals surface area contributed by atoms with Crippen molar-refractivity contribution in [1.29, 1.82) is 0 Å². The third kappa shape index (κ3) is 1.75. The Morgan fingerprint density at radius 1 is 1.31 bits per heavy atom. The fraction of sp³-hybridized carbons (Fsp3) is 0.400. The van der Waals surface area contributed by atoms with Crippen molar-refractivity contribution in [3.8, 4) is 0 Å². The van der Waals surface area contributed by atoms with Crippen LogP contribution in [0.1, 0.15) is 12.0 Å². The van der Waals surface area contributed by atoms with Crippen molar-refractivity contribution in [3.05, 3.63) is 29.8 Å². The van der Waals surface area contributed by atoms with E-state index < -0.39 is 11.0 Å². The third-order valence-electron chi connectivity index (χ3n) is 2.25. The molecule has 1 unspecified atom stereocenters. The van der Waals surface area contributed by atoms with E-state index in [0.717, 1.165) is 24.4 Å². The molecule has 1 aliphatic heterocycles. The number of rotatable bonds is 1. The van der Waals surface area contributed by atoms with Gasteiger partial charge in [0, 0.05) is 18.0 Å². The van der Waals surface area contributed by atoms with Gasteiger partial charge in [0.05, 0.1) is 0 Å². The quantitative estimate of drug-likeness (QED) is 0.670. The maximum atomic E-state index is 11.5. The molecule has 0 bridgehead atoms. The lowest BCUT2D eigenvalue weighted by Crippen LogP contribution is -2.19. The molecular formula is C10H13NOS. The number of benzene rings is 1. The smallest absolute Gasteiger partial charge is 0.119 e. The average Bonchev–Trinajstić information content (AvgIpc) is 2.53. The highest BCUT2D eigenvalue weighted by Gasteiger charge is 2.19. The molecule has 1 saturated heterocycles. The van der Waals surface area contributed by atoms with E-state index in [-0.39, 0.29) is 0 Å². The minimum absolute atomic E-state index is 0.785. The number of anilines is 1. The van der Waals surface area contributed by atoms with Gasteiger partial charge in [-0.05, 0) is 25.5 Å². The number of nitrogens with zero attached hydrogens (tertiary/aromatic N) is 1. The van der Waals surface area contributed by atoms with Crippen molar-refractivity contribution < 1.29 is 4.21 Å². The van der Waals surface area contributed by atoms with Crippen LogP contribution in [0.5, 0.6) is 0 Å². The molecule has 1 aromatic carbocycles. The van der Waals surface area contributed by atoms with Gasteiger partial charge in [0.25, 0.3) is 0 Å². The van der Waals surface area contributed by atoms with Crippen LogP contribution in [0.2, 0.25) is 0 Å². The van der Waals surface area contributed by atoms with Crippen molar-refractivity contribution in [1.82, 2.24) is 0 Å². The first-order valence-corrected chi connectivity index (χ1v) is 5.77. The van der Waals surface area contributed by atoms with Crippen LogP contribution in [0.3, 0.4) is 0 Å². The van der Waals surface area contributed by atoms with Gasteiger partial charge in [-0.15, -0.1) is 0 Å². The molecule has 2 rings (SSSR count). The highest BCUT2D eigenvalue weighted by molar-refractivity contribution is 7.86. The molecule has 0 saturated carbocycles. The van der Waals surface area contributed by atoms with E-state index >= 15 is 0 Å². The lowest BCUT2D eigenvalue weighted by Gasteiger charge is -2.15. The summed E-state index contributed by atoms with van der Waals surface area (Å²) in [7, 11) is -0.785. The minimum atomic E-state index is -0.785. The van der Waals surface area contributed by atoms with Crippen molar-refractivity contribution in [2.45, 2.75) is 13.3 Å². The van der Waals surface area contributed by atoms with Crippen LogP contribution in [0.4, 0.5) is 5.69 Å². The molecule has 1 heterocycles. The summed E-state index contributed by atoms with van der Waals surface area (Å²) < 4.78 is 13.5. The van der Waals surface area contributed by atoms with Gasteiger partial charge in [-0.2, -0.15) is 0 Å². The Labute approximate surface area is 81.2 Å². The van der Waals surface area contributed by atoms with E-state index in [4.69, 9.17) is 0 Å². The highest BCUT2D eigenvalue weighted by Crippen LogP contribution is 2.21. The molecule has 0 aliphatic carbocycles. The average molecular weight is 195 g/mol. The molecule has 0 N–H and O–H groups in total. The molecule has 13 heavy (non-hydrogen) atoms. The highest BCUT2D eigenvalue weighted by atomic mass is 32.2. The maximum Gasteiger partial charge on any atom is 0.119 e. The topological polar surface area (TPSA) is 20.3 Å². The lowest BCUT2D eigenvalue weighted by atomic mass is 10.2. The molecule has 0 radical (unpaired) electrons. The first kappa shape index (κ1) is 8.75. The number of aryl methyl sites for hydroxylation is 1. The number of hydrogen-bond donors (Lipinski definition) is 0. The molecule has 3 heteroatoms. The second-order valence-corrected chi connectivity index (χ2v) is 4.81. The molecule has 70 valence electrons. The van der Waals surface area contributed by atoms with Crippen molar-refractivity contribution >= 4 is 16.7 Å². The lowest BCUT2D eigenvalue weighted by molar-refractivity contribution is 0.685. The SMILES string of the molecule is Cc1ccc(N2CCCS2=O)cc1. The van der Waals surface area contributed by atoms with Crippen LogP contribution < -0.4 is 4.31 Å². The molecule has 0 amide bonds. The molecule has 1 aromatic rings. The zero-order valence-corrected chi connectivity index (χ0v) is 8.51. The first-order chi connectivity index (χ1) is 6.27. The normalized spacial score (nSPS) is 22.2. The fourth-order valence-electron chi connectivity index (χ4n) is 1.50. The van der Waals surface area contributed by atoms with Gasteiger partial charge >= 0.3 is 0 Å². The van der Waals surface area contributed by atoms with Gasteiger partial charge in [0.2, 0.25) is 0 Å². The van der Waals surface area contributed by atoms with E-state index in [1.807, 2.05) is 16.4 Å². The van der Waals surface area contributed by atoms with Crippen LogP contribution in [0.15, 0.2) is 24.3 Å². The van der Waals surface area contributed by atoms with E-state index in [9.17, 15) is 4.21 Å².